The van der Waals surface area contributed by atoms with Crippen molar-refractivity contribution < 1.29 is 26.2 Å². The maximum atomic E-state index is 8.61. The van der Waals surface area contributed by atoms with Gasteiger partial charge in [0.2, 0.25) is 0 Å². The third-order valence-electron chi connectivity index (χ3n) is 0.663. The largest absolute Gasteiger partial charge is 0.504 e. The van der Waals surface area contributed by atoms with Crippen molar-refractivity contribution in [1.82, 2.24) is 0 Å². The molecule has 0 saturated heterocycles. The van der Waals surface area contributed by atoms with Crippen LogP contribution in [0.3, 0.4) is 0 Å². The van der Waals surface area contributed by atoms with Crippen molar-refractivity contribution in [1.29, 1.82) is 0 Å². The van der Waals surface area contributed by atoms with E-state index in [9.17, 15) is 0 Å². The van der Waals surface area contributed by atoms with Gasteiger partial charge in [0.05, 0.1) is 6.10 Å². The van der Waals surface area contributed by atoms with Gasteiger partial charge in [0.1, 0.15) is 0 Å². The van der Waals surface area contributed by atoms with Crippen LogP contribution in [0.4, 0.5) is 0 Å². The summed E-state index contributed by atoms with van der Waals surface area (Å²) in [5.74, 6) is 0. The van der Waals surface area contributed by atoms with Gasteiger partial charge in [-0.3, -0.25) is 6.08 Å². The second-order valence-electron chi connectivity index (χ2n) is 1.58. The van der Waals surface area contributed by atoms with E-state index in [1.807, 2.05) is 13.0 Å². The first-order chi connectivity index (χ1) is 3.27. The minimum Gasteiger partial charge on any atom is -0.504 e. The van der Waals surface area contributed by atoms with E-state index in [2.05, 4.69) is 6.08 Å². The fraction of sp³-hybridized carbons (Fsp3) is 0.667. The fourth-order valence-electron chi connectivity index (χ4n) is 0.288. The van der Waals surface area contributed by atoms with Gasteiger partial charge >= 0.3 is 0 Å². The Bertz CT molecular complexity index is 59.5. The summed E-state index contributed by atoms with van der Waals surface area (Å²) in [5, 5.41) is 8.61. The Morgan fingerprint density at radius 1 is 1.75 bits per heavy atom. The first kappa shape index (κ1) is 11.2. The summed E-state index contributed by atoms with van der Waals surface area (Å²) in [4.78, 5) is 0. The number of rotatable bonds is 2. The van der Waals surface area contributed by atoms with Gasteiger partial charge in [-0.25, -0.2) is 0 Å². The van der Waals surface area contributed by atoms with Gasteiger partial charge in [-0.1, -0.05) is 0 Å². The van der Waals surface area contributed by atoms with Crippen LogP contribution in [0, 0.1) is 6.08 Å². The van der Waals surface area contributed by atoms with E-state index in [0.29, 0.717) is 0 Å². The zero-order valence-electron chi connectivity index (χ0n) is 5.22. The molecule has 48 valence electrons. The molecule has 0 aromatic heterocycles. The SMILES string of the molecule is C[C-]=CCC(C)O.[W]. The standard InChI is InChI=1S/C6H11O.W/c1-3-4-5-6(2)7;/h4,6-7H,5H2,1-2H3;/q-1;. The van der Waals surface area contributed by atoms with Crippen LogP contribution in [0.2, 0.25) is 0 Å². The molecule has 1 unspecified atom stereocenters. The van der Waals surface area contributed by atoms with E-state index < -0.39 is 0 Å². The van der Waals surface area contributed by atoms with Crippen LogP contribution in [0.15, 0.2) is 6.08 Å². The number of aliphatic hydroxyl groups is 1. The molecule has 0 aliphatic rings. The van der Waals surface area contributed by atoms with Gasteiger partial charge in [0, 0.05) is 21.1 Å². The Kier molecular flexibility index (Phi) is 10.4. The second-order valence-corrected chi connectivity index (χ2v) is 1.58. The zero-order valence-corrected chi connectivity index (χ0v) is 8.15. The average molecular weight is 283 g/mol. The molecule has 0 heterocycles. The van der Waals surface area contributed by atoms with E-state index in [1.54, 1.807) is 6.92 Å². The molecule has 0 amide bonds. The number of hydrogen-bond donors (Lipinski definition) is 1. The minimum atomic E-state index is -0.215. The molecule has 0 spiro atoms. The van der Waals surface area contributed by atoms with E-state index in [1.165, 1.54) is 0 Å². The summed E-state index contributed by atoms with van der Waals surface area (Å²) >= 11 is 0. The molecule has 0 bridgehead atoms. The smallest absolute Gasteiger partial charge is 0.0519 e. The Hall–Kier alpha value is 0.388. The maximum Gasteiger partial charge on any atom is 0.0519 e. The molecule has 0 aliphatic carbocycles. The van der Waals surface area contributed by atoms with Crippen LogP contribution >= 0.6 is 0 Å². The Balaban J connectivity index is 0. The Morgan fingerprint density at radius 3 is 2.38 bits per heavy atom. The normalized spacial score (nSPS) is 13.4. The molecule has 0 fully saturated rings. The van der Waals surface area contributed by atoms with Crippen molar-refractivity contribution in [2.45, 2.75) is 26.4 Å². The van der Waals surface area contributed by atoms with Gasteiger partial charge in [-0.05, 0) is 13.3 Å². The first-order valence-electron chi connectivity index (χ1n) is 2.44. The van der Waals surface area contributed by atoms with Crippen molar-refractivity contribution in [2.24, 2.45) is 0 Å². The molecule has 0 saturated carbocycles. The summed E-state index contributed by atoms with van der Waals surface area (Å²) < 4.78 is 0. The van der Waals surface area contributed by atoms with Crippen LogP contribution in [0.5, 0.6) is 0 Å². The molecule has 0 radical (unpaired) electrons. The number of aliphatic hydroxyl groups excluding tert-OH is 1. The van der Waals surface area contributed by atoms with E-state index in [4.69, 9.17) is 5.11 Å². The summed E-state index contributed by atoms with van der Waals surface area (Å²) in [6.45, 7) is 3.58. The summed E-state index contributed by atoms with van der Waals surface area (Å²) in [7, 11) is 0. The van der Waals surface area contributed by atoms with Crippen LogP contribution in [0.1, 0.15) is 20.3 Å². The van der Waals surface area contributed by atoms with Gasteiger partial charge in [0.25, 0.3) is 0 Å². The minimum absolute atomic E-state index is 0. The summed E-state index contributed by atoms with van der Waals surface area (Å²) in [6, 6.07) is 0. The molecule has 0 aromatic carbocycles. The van der Waals surface area contributed by atoms with Crippen LogP contribution in [-0.2, 0) is 21.1 Å². The molecule has 1 N–H and O–H groups in total. The third-order valence-corrected chi connectivity index (χ3v) is 0.663. The average Bonchev–Trinajstić information content (AvgIpc) is 1.61. The monoisotopic (exact) mass is 283 g/mol. The fourth-order valence-corrected chi connectivity index (χ4v) is 0.288. The van der Waals surface area contributed by atoms with Gasteiger partial charge in [-0.2, -0.15) is 6.92 Å². The van der Waals surface area contributed by atoms with Gasteiger partial charge < -0.3 is 11.2 Å². The number of allylic oxidation sites excluding steroid dienone is 1. The van der Waals surface area contributed by atoms with E-state index in [0.717, 1.165) is 6.42 Å². The zero-order chi connectivity index (χ0) is 5.70. The second kappa shape index (κ2) is 7.39. The van der Waals surface area contributed by atoms with Crippen molar-refractivity contribution in [2.75, 3.05) is 0 Å². The predicted octanol–water partition coefficient (Wildman–Crippen LogP) is 1.13. The van der Waals surface area contributed by atoms with Crippen molar-refractivity contribution in [3.63, 3.8) is 0 Å². The van der Waals surface area contributed by atoms with Crippen LogP contribution in [-0.4, -0.2) is 11.2 Å². The van der Waals surface area contributed by atoms with Crippen molar-refractivity contribution in [3.8, 4) is 0 Å². The molecule has 8 heavy (non-hydrogen) atoms. The third kappa shape index (κ3) is 9.63. The summed E-state index contributed by atoms with van der Waals surface area (Å²) in [6.07, 6.45) is 5.14. The predicted molar refractivity (Wildman–Crippen MR) is 29.8 cm³/mol. The van der Waals surface area contributed by atoms with Gasteiger partial charge in [0.15, 0.2) is 0 Å². The number of hydrogen-bond acceptors (Lipinski definition) is 1. The Morgan fingerprint density at radius 2 is 2.25 bits per heavy atom. The quantitative estimate of drug-likeness (QED) is 0.753. The van der Waals surface area contributed by atoms with Gasteiger partial charge in [-0.15, -0.1) is 0 Å². The first-order valence-corrected chi connectivity index (χ1v) is 2.44. The molecular weight excluding hydrogens is 272 g/mol. The van der Waals surface area contributed by atoms with Crippen LogP contribution in [0.25, 0.3) is 0 Å². The Labute approximate surface area is 65.1 Å². The van der Waals surface area contributed by atoms with Crippen molar-refractivity contribution >= 4 is 0 Å². The summed E-state index contributed by atoms with van der Waals surface area (Å²) in [5.41, 5.74) is 0. The van der Waals surface area contributed by atoms with Crippen LogP contribution < -0.4 is 0 Å². The molecule has 0 aliphatic heterocycles. The topological polar surface area (TPSA) is 20.2 Å². The molecule has 1 nitrogen and oxygen atoms in total. The molecule has 0 aromatic rings. The molecular formula is C6H11OW-. The van der Waals surface area contributed by atoms with Crippen molar-refractivity contribution in [3.05, 3.63) is 12.2 Å². The maximum absolute atomic E-state index is 8.61. The molecule has 1 atom stereocenters. The van der Waals surface area contributed by atoms with E-state index in [-0.39, 0.29) is 27.2 Å². The molecule has 2 heteroatoms. The van der Waals surface area contributed by atoms with E-state index >= 15 is 0 Å². The molecule has 0 rings (SSSR count).